The van der Waals surface area contributed by atoms with Crippen molar-refractivity contribution in [3.8, 4) is 0 Å². The van der Waals surface area contributed by atoms with Crippen molar-refractivity contribution >= 4 is 96.3 Å². The van der Waals surface area contributed by atoms with Gasteiger partial charge in [-0.3, -0.25) is 10.1 Å². The number of fused-ring (bicyclic) bond motifs is 1. The molecule has 0 fully saturated rings. The van der Waals surface area contributed by atoms with Crippen LogP contribution in [-0.2, 0) is 0 Å². The minimum absolute atomic E-state index is 0.0948. The maximum atomic E-state index is 12.2. The van der Waals surface area contributed by atoms with Gasteiger partial charge in [0.2, 0.25) is 0 Å². The molecule has 1 amide bonds. The number of hydrogen-bond donors (Lipinski definition) is 2. The Bertz CT molecular complexity index is 1010. The minimum atomic E-state index is -0.418. The molecule has 0 aliphatic carbocycles. The summed E-state index contributed by atoms with van der Waals surface area (Å²) in [5.41, 5.74) is 0.901. The van der Waals surface area contributed by atoms with Gasteiger partial charge in [-0.05, 0) is 42.5 Å². The number of carbonyl (C=O) groups excluding carboxylic acids is 1. The van der Waals surface area contributed by atoms with Gasteiger partial charge < -0.3 is 5.32 Å². The average molecular weight is 451 g/mol. The van der Waals surface area contributed by atoms with Crippen LogP contribution in [-0.4, -0.2) is 16.0 Å². The summed E-state index contributed by atoms with van der Waals surface area (Å²) in [5, 5.41) is 7.42. The monoisotopic (exact) mass is 449 g/mol. The third-order valence-electron chi connectivity index (χ3n) is 3.08. The van der Waals surface area contributed by atoms with E-state index in [0.717, 1.165) is 4.70 Å². The zero-order valence-electron chi connectivity index (χ0n) is 12.1. The van der Waals surface area contributed by atoms with E-state index in [1.165, 1.54) is 23.5 Å². The lowest BCUT2D eigenvalue weighted by Crippen LogP contribution is -2.34. The van der Waals surface area contributed by atoms with E-state index in [1.807, 2.05) is 6.07 Å². The number of aromatic nitrogens is 1. The maximum absolute atomic E-state index is 12.2. The smallest absolute Gasteiger partial charge is 0.257 e. The number of thiocarbonyl (C=S) groups is 1. The topological polar surface area (TPSA) is 54.0 Å². The number of thiazole rings is 1. The second kappa shape index (κ2) is 7.61. The van der Waals surface area contributed by atoms with Gasteiger partial charge in [-0.25, -0.2) is 4.98 Å². The Morgan fingerprint density at radius 2 is 1.76 bits per heavy atom. The largest absolute Gasteiger partial charge is 0.308 e. The summed E-state index contributed by atoms with van der Waals surface area (Å²) in [6.07, 6.45) is 0. The number of hydrogen-bond acceptors (Lipinski definition) is 4. The van der Waals surface area contributed by atoms with E-state index in [9.17, 15) is 4.79 Å². The first-order valence-corrected chi connectivity index (χ1v) is 9.40. The van der Waals surface area contributed by atoms with Crippen LogP contribution >= 0.6 is 70.0 Å². The van der Waals surface area contributed by atoms with Gasteiger partial charge in [-0.15, -0.1) is 0 Å². The van der Waals surface area contributed by atoms with Gasteiger partial charge in [0.25, 0.3) is 5.91 Å². The second-order valence-electron chi connectivity index (χ2n) is 4.76. The van der Waals surface area contributed by atoms with Crippen molar-refractivity contribution in [3.63, 3.8) is 0 Å². The molecule has 0 saturated carbocycles. The van der Waals surface area contributed by atoms with Crippen LogP contribution < -0.4 is 10.6 Å². The zero-order chi connectivity index (χ0) is 18.1. The molecule has 0 aliphatic heterocycles. The molecule has 3 aromatic rings. The predicted octanol–water partition coefficient (Wildman–Crippen LogP) is 6.04. The standard InChI is InChI=1S/C15H7Cl4N3OS2/c16-7-2-1-6(5-9(7)18)13(23)21-14(24)22-15-20-12-10(25-15)4-3-8(17)11(12)19/h1-5H,(H2,20,21,22,23,24). The quantitative estimate of drug-likeness (QED) is 0.467. The Morgan fingerprint density at radius 1 is 1.04 bits per heavy atom. The molecular weight excluding hydrogens is 444 g/mol. The molecule has 0 unspecified atom stereocenters. The zero-order valence-corrected chi connectivity index (χ0v) is 16.7. The molecule has 0 radical (unpaired) electrons. The lowest BCUT2D eigenvalue weighted by Gasteiger charge is -2.07. The number of nitrogens with one attached hydrogen (secondary N) is 2. The molecule has 128 valence electrons. The number of carbonyl (C=O) groups is 1. The number of halogens is 4. The van der Waals surface area contributed by atoms with Gasteiger partial charge in [-0.2, -0.15) is 0 Å². The van der Waals surface area contributed by atoms with Gasteiger partial charge in [0, 0.05) is 5.56 Å². The minimum Gasteiger partial charge on any atom is -0.308 e. The number of amides is 1. The number of rotatable bonds is 2. The molecule has 0 saturated heterocycles. The molecule has 2 aromatic carbocycles. The van der Waals surface area contributed by atoms with E-state index < -0.39 is 5.91 Å². The average Bonchev–Trinajstić information content (AvgIpc) is 2.96. The summed E-state index contributed by atoms with van der Waals surface area (Å²) in [6.45, 7) is 0. The Hall–Kier alpha value is -1.15. The molecule has 3 rings (SSSR count). The normalized spacial score (nSPS) is 10.7. The summed E-state index contributed by atoms with van der Waals surface area (Å²) in [7, 11) is 0. The number of benzene rings is 2. The second-order valence-corrected chi connectivity index (χ2v) is 7.80. The molecule has 10 heteroatoms. The van der Waals surface area contributed by atoms with Crippen LogP contribution in [0.2, 0.25) is 20.1 Å². The lowest BCUT2D eigenvalue weighted by atomic mass is 10.2. The highest BCUT2D eigenvalue weighted by Crippen LogP contribution is 2.35. The summed E-state index contributed by atoms with van der Waals surface area (Å²) in [6, 6.07) is 8.05. The van der Waals surface area contributed by atoms with Crippen LogP contribution in [0, 0.1) is 0 Å². The van der Waals surface area contributed by atoms with E-state index in [1.54, 1.807) is 12.1 Å². The predicted molar refractivity (Wildman–Crippen MR) is 110 cm³/mol. The fraction of sp³-hybridized carbons (Fsp3) is 0. The van der Waals surface area contributed by atoms with Gasteiger partial charge in [-0.1, -0.05) is 57.7 Å². The molecule has 1 aromatic heterocycles. The first-order chi connectivity index (χ1) is 11.8. The molecule has 4 nitrogen and oxygen atoms in total. The third-order valence-corrected chi connectivity index (χ3v) is 5.75. The first kappa shape index (κ1) is 18.6. The maximum Gasteiger partial charge on any atom is 0.257 e. The van der Waals surface area contributed by atoms with Crippen LogP contribution in [0.3, 0.4) is 0 Å². The van der Waals surface area contributed by atoms with Crippen molar-refractivity contribution < 1.29 is 4.79 Å². The highest BCUT2D eigenvalue weighted by Gasteiger charge is 2.13. The van der Waals surface area contributed by atoms with Crippen molar-refractivity contribution in [2.45, 2.75) is 0 Å². The van der Waals surface area contributed by atoms with Crippen LogP contribution in [0.25, 0.3) is 10.2 Å². The van der Waals surface area contributed by atoms with Crippen molar-refractivity contribution in [2.24, 2.45) is 0 Å². The van der Waals surface area contributed by atoms with E-state index in [2.05, 4.69) is 15.6 Å². The molecule has 2 N–H and O–H groups in total. The Balaban J connectivity index is 1.73. The van der Waals surface area contributed by atoms with Crippen molar-refractivity contribution in [3.05, 3.63) is 56.0 Å². The molecule has 25 heavy (non-hydrogen) atoms. The Labute approximate surface area is 172 Å². The molecule has 1 heterocycles. The number of anilines is 1. The Kier molecular flexibility index (Phi) is 5.68. The van der Waals surface area contributed by atoms with Gasteiger partial charge >= 0.3 is 0 Å². The van der Waals surface area contributed by atoms with E-state index in [4.69, 9.17) is 58.6 Å². The summed E-state index contributed by atoms with van der Waals surface area (Å²) < 4.78 is 0.843. The number of nitrogens with zero attached hydrogens (tertiary/aromatic N) is 1. The fourth-order valence-electron chi connectivity index (χ4n) is 1.93. The van der Waals surface area contributed by atoms with Crippen LogP contribution in [0.1, 0.15) is 10.4 Å². The Morgan fingerprint density at radius 3 is 2.48 bits per heavy atom. The van der Waals surface area contributed by atoms with E-state index in [-0.39, 0.29) is 10.1 Å². The molecule has 0 bridgehead atoms. The van der Waals surface area contributed by atoms with Gasteiger partial charge in [0.15, 0.2) is 10.2 Å². The van der Waals surface area contributed by atoms with E-state index >= 15 is 0 Å². The van der Waals surface area contributed by atoms with Crippen molar-refractivity contribution in [2.75, 3.05) is 5.32 Å². The van der Waals surface area contributed by atoms with Crippen LogP contribution in [0.4, 0.5) is 5.13 Å². The fourth-order valence-corrected chi connectivity index (χ4v) is 3.78. The summed E-state index contributed by atoms with van der Waals surface area (Å²) >= 11 is 30.3. The summed E-state index contributed by atoms with van der Waals surface area (Å²) in [5.74, 6) is -0.418. The van der Waals surface area contributed by atoms with Gasteiger partial charge in [0.1, 0.15) is 5.52 Å². The highest BCUT2D eigenvalue weighted by atomic mass is 35.5. The molecule has 0 aliphatic rings. The summed E-state index contributed by atoms with van der Waals surface area (Å²) in [4.78, 5) is 16.5. The van der Waals surface area contributed by atoms with E-state index in [0.29, 0.717) is 31.3 Å². The van der Waals surface area contributed by atoms with Crippen LogP contribution in [0.15, 0.2) is 30.3 Å². The molecule has 0 atom stereocenters. The first-order valence-electron chi connectivity index (χ1n) is 6.67. The van der Waals surface area contributed by atoms with Crippen molar-refractivity contribution in [1.29, 1.82) is 0 Å². The van der Waals surface area contributed by atoms with Crippen molar-refractivity contribution in [1.82, 2.24) is 10.3 Å². The third kappa shape index (κ3) is 4.16. The van der Waals surface area contributed by atoms with Crippen LogP contribution in [0.5, 0.6) is 0 Å². The highest BCUT2D eigenvalue weighted by molar-refractivity contribution is 7.80. The van der Waals surface area contributed by atoms with Gasteiger partial charge in [0.05, 0.1) is 24.8 Å². The molecular formula is C15H7Cl4N3OS2. The lowest BCUT2D eigenvalue weighted by molar-refractivity contribution is 0.0978. The SMILES string of the molecule is O=C(NC(=S)Nc1nc2c(Cl)c(Cl)ccc2s1)c1ccc(Cl)c(Cl)c1. The molecule has 0 spiro atoms.